The molecule has 3 N–H and O–H groups in total. The van der Waals surface area contributed by atoms with Crippen molar-refractivity contribution in [3.05, 3.63) is 0 Å². The third kappa shape index (κ3) is 212. The van der Waals surface area contributed by atoms with Gasteiger partial charge in [-0.05, 0) is 23.2 Å². The SMILES string of the molecule is CC(=O)Cl.CC(=O)Cl.CC(=O)O.CCl.CCl.CO.COCCOCCOCCO.COCCOCCOCCOC.COCCOCCOCCOC(C)=O.[2H]CF. The van der Waals surface area contributed by atoms with Crippen LogP contribution < -0.4 is 0 Å². The van der Waals surface area contributed by atoms with Crippen LogP contribution in [0.1, 0.15) is 29.1 Å². The van der Waals surface area contributed by atoms with Crippen molar-refractivity contribution in [2.75, 3.05) is 174 Å². The number of carboxylic acid groups (broad SMARTS) is 1. The fraction of sp³-hybridized carbons (Fsp3) is 0.882. The van der Waals surface area contributed by atoms with Crippen molar-refractivity contribution in [1.82, 2.24) is 0 Å². The highest BCUT2D eigenvalue weighted by molar-refractivity contribution is 6.63. The molecule has 0 radical (unpaired) electrons. The lowest BCUT2D eigenvalue weighted by Crippen LogP contribution is -2.12. The zero-order valence-electron chi connectivity index (χ0n) is 36.8. The number of halogens is 5. The van der Waals surface area contributed by atoms with Gasteiger partial charge in [-0.1, -0.05) is 0 Å². The molecule has 354 valence electrons. The zero-order chi connectivity index (χ0) is 47.5. The van der Waals surface area contributed by atoms with E-state index < -0.39 is 13.1 Å². The van der Waals surface area contributed by atoms with E-state index in [0.29, 0.717) is 112 Å². The highest BCUT2D eigenvalue weighted by Gasteiger charge is 1.93. The van der Waals surface area contributed by atoms with Crippen molar-refractivity contribution in [1.29, 1.82) is 0 Å². The molecule has 0 rings (SSSR count). The lowest BCUT2D eigenvalue weighted by molar-refractivity contribution is -0.142. The van der Waals surface area contributed by atoms with Crippen molar-refractivity contribution in [3.8, 4) is 0 Å². The van der Waals surface area contributed by atoms with E-state index in [1.165, 1.54) is 33.5 Å². The van der Waals surface area contributed by atoms with Gasteiger partial charge in [0, 0.05) is 76.0 Å². The normalized spacial score (nSPS) is 8.70. The van der Waals surface area contributed by atoms with E-state index in [4.69, 9.17) is 68.9 Å². The van der Waals surface area contributed by atoms with Crippen LogP contribution in [0.3, 0.4) is 0 Å². The molecule has 0 aliphatic rings. The second-order valence-electron chi connectivity index (χ2n) is 8.17. The molecule has 0 heterocycles. The van der Waals surface area contributed by atoms with Gasteiger partial charge in [-0.25, -0.2) is 0 Å². The Labute approximate surface area is 362 Å². The van der Waals surface area contributed by atoms with E-state index in [2.05, 4.69) is 51.1 Å². The molecule has 0 aromatic heterocycles. The number of rotatable bonds is 26. The van der Waals surface area contributed by atoms with Crippen molar-refractivity contribution in [2.45, 2.75) is 27.7 Å². The van der Waals surface area contributed by atoms with Crippen molar-refractivity contribution < 1.29 is 92.4 Å². The number of ether oxygens (including phenoxy) is 11. The number of aliphatic hydroxyl groups excluding tert-OH is 2. The van der Waals surface area contributed by atoms with Crippen LogP contribution >= 0.6 is 46.4 Å². The molecule has 57 heavy (non-hydrogen) atoms. The Morgan fingerprint density at radius 3 is 0.807 bits per heavy atom. The second kappa shape index (κ2) is 100. The number of esters is 1. The van der Waals surface area contributed by atoms with Gasteiger partial charge in [0.1, 0.15) is 6.61 Å². The van der Waals surface area contributed by atoms with E-state index in [1.54, 1.807) is 28.4 Å². The Balaban J connectivity index is -0.0000000602. The second-order valence-corrected chi connectivity index (χ2v) is 9.23. The number of carboxylic acids is 1. The first kappa shape index (κ1) is 76.6. The smallest absolute Gasteiger partial charge is 0.302 e. The number of methoxy groups -OCH3 is 4. The highest BCUT2D eigenvalue weighted by atomic mass is 35.5. The maximum Gasteiger partial charge on any atom is 0.302 e. The number of aliphatic hydroxyl groups is 2. The minimum Gasteiger partial charge on any atom is -0.481 e. The summed E-state index contributed by atoms with van der Waals surface area (Å²) in [7, 11) is 6.56. The van der Waals surface area contributed by atoms with Crippen LogP contribution in [0.4, 0.5) is 4.39 Å². The zero-order valence-corrected chi connectivity index (χ0v) is 38.8. The molecule has 0 aromatic rings. The van der Waals surface area contributed by atoms with Crippen molar-refractivity contribution in [3.63, 3.8) is 0 Å². The summed E-state index contributed by atoms with van der Waals surface area (Å²) in [4.78, 5) is 37.8. The van der Waals surface area contributed by atoms with E-state index in [0.717, 1.165) is 14.0 Å². The van der Waals surface area contributed by atoms with E-state index in [9.17, 15) is 18.8 Å². The molecule has 0 atom stereocenters. The average molecular weight is 934 g/mol. The van der Waals surface area contributed by atoms with Gasteiger partial charge >= 0.3 is 5.97 Å². The van der Waals surface area contributed by atoms with Crippen LogP contribution in [0.25, 0.3) is 0 Å². The van der Waals surface area contributed by atoms with Crippen LogP contribution in [-0.4, -0.2) is 212 Å². The molecule has 0 bridgehead atoms. The van der Waals surface area contributed by atoms with Gasteiger partial charge in [0.2, 0.25) is 10.5 Å². The molecule has 0 fully saturated rings. The molecule has 0 saturated heterocycles. The number of alkyl halides is 3. The number of hydrogen-bond donors (Lipinski definition) is 3. The predicted octanol–water partition coefficient (Wildman–Crippen LogP) is 3.74. The molecule has 0 aromatic carbocycles. The molecule has 0 amide bonds. The minimum atomic E-state index is -1.00. The van der Waals surface area contributed by atoms with Gasteiger partial charge in [0.25, 0.3) is 5.97 Å². The molecule has 0 aliphatic heterocycles. The van der Waals surface area contributed by atoms with Gasteiger partial charge in [-0.2, -0.15) is 0 Å². The Kier molecular flexibility index (Phi) is 135. The number of aliphatic carboxylic acids is 1. The molecule has 23 heteroatoms. The Hall–Kier alpha value is -1.11. The fourth-order valence-electron chi connectivity index (χ4n) is 1.84. The summed E-state index contributed by atoms with van der Waals surface area (Å²) in [6.07, 6.45) is 2.94. The maximum atomic E-state index is 10.3. The number of hydrogen-bond acceptors (Lipinski definition) is 17. The fourth-order valence-corrected chi connectivity index (χ4v) is 1.84. The monoisotopic (exact) mass is 931 g/mol. The topological polar surface area (TPSA) is 230 Å². The van der Waals surface area contributed by atoms with Crippen LogP contribution in [0, 0.1) is 0 Å². The lowest BCUT2D eigenvalue weighted by atomic mass is 10.7. The molecule has 0 aliphatic carbocycles. The van der Waals surface area contributed by atoms with Crippen molar-refractivity contribution in [2.24, 2.45) is 0 Å². The average Bonchev–Trinajstić information content (AvgIpc) is 3.17. The van der Waals surface area contributed by atoms with Crippen LogP contribution in [0.15, 0.2) is 0 Å². The first-order chi connectivity index (χ1) is 27.7. The first-order valence-electron chi connectivity index (χ1n) is 17.2. The summed E-state index contributed by atoms with van der Waals surface area (Å²) in [5.74, 6) is -1.12. The van der Waals surface area contributed by atoms with Crippen LogP contribution in [0.5, 0.6) is 0 Å². The molecule has 0 saturated carbocycles. The molecular formula is C34H75Cl4FO18. The van der Waals surface area contributed by atoms with Crippen molar-refractivity contribution >= 4 is 68.8 Å². The quantitative estimate of drug-likeness (QED) is 0.0486. The largest absolute Gasteiger partial charge is 0.481 e. The van der Waals surface area contributed by atoms with Gasteiger partial charge in [-0.15, -0.1) is 23.2 Å². The molecule has 0 spiro atoms. The standard InChI is InChI=1S/C9H18O5.C8H18O4.C7H16O4.2C2H3ClO.C2H4O2.2CH3Cl.CH3F.CH4O/c1-9(10)14-8-7-13-6-5-12-4-3-11-2;1-9-3-5-11-7-8-12-6-4-10-2;1-9-4-5-11-7-6-10-3-2-8;3*1-2(3)4;4*1-2/h3-8H2,1-2H3;3-8H2,1-2H3;8H,2-7H2,1H3;2*1H3;1H3,(H,3,4);3*1H3;2H,1H3/i;;;;;;;;1D;. The Morgan fingerprint density at radius 1 is 0.491 bits per heavy atom. The summed E-state index contributed by atoms with van der Waals surface area (Å²) in [5.41, 5.74) is 0. The molecular weight excluding hydrogens is 857 g/mol. The van der Waals surface area contributed by atoms with Gasteiger partial charge in [0.05, 0.1) is 121 Å². The molecule has 0 unspecified atom stereocenters. The third-order valence-corrected chi connectivity index (χ3v) is 3.61. The number of carbonyl (C=O) groups is 4. The third-order valence-electron chi connectivity index (χ3n) is 3.61. The van der Waals surface area contributed by atoms with Gasteiger partial charge < -0.3 is 67.4 Å². The lowest BCUT2D eigenvalue weighted by Gasteiger charge is -2.05. The predicted molar refractivity (Wildman–Crippen MR) is 221 cm³/mol. The van der Waals surface area contributed by atoms with Crippen LogP contribution in [0.2, 0.25) is 0 Å². The summed E-state index contributed by atoms with van der Waals surface area (Å²) < 4.78 is 69.9. The summed E-state index contributed by atoms with van der Waals surface area (Å²) in [6.45, 7) is 14.5. The first-order valence-corrected chi connectivity index (χ1v) is 18.7. The van der Waals surface area contributed by atoms with Gasteiger partial charge in [0.15, 0.2) is 0 Å². The Bertz CT molecular complexity index is 631. The number of carbonyl (C=O) groups excluding carboxylic acids is 3. The summed E-state index contributed by atoms with van der Waals surface area (Å²) >= 11 is 18.5. The summed E-state index contributed by atoms with van der Waals surface area (Å²) in [5, 5.41) is 22.0. The minimum absolute atomic E-state index is 0.0675. The van der Waals surface area contributed by atoms with Gasteiger partial charge in [-0.3, -0.25) is 23.6 Å². The van der Waals surface area contributed by atoms with E-state index >= 15 is 0 Å². The molecule has 18 nitrogen and oxygen atoms in total. The highest BCUT2D eigenvalue weighted by Crippen LogP contribution is 1.83. The van der Waals surface area contributed by atoms with E-state index in [1.807, 2.05) is 0 Å². The van der Waals surface area contributed by atoms with E-state index in [-0.39, 0.29) is 23.1 Å². The Morgan fingerprint density at radius 2 is 0.649 bits per heavy atom. The maximum absolute atomic E-state index is 10.3. The summed E-state index contributed by atoms with van der Waals surface area (Å²) in [6, 6.07) is 0. The van der Waals surface area contributed by atoms with Crippen LogP contribution in [-0.2, 0) is 71.3 Å².